The lowest BCUT2D eigenvalue weighted by molar-refractivity contribution is -0.156. The number of piperidine rings is 1. The van der Waals surface area contributed by atoms with Gasteiger partial charge in [0.15, 0.2) is 0 Å². The smallest absolute Gasteiger partial charge is 0.309 e. The summed E-state index contributed by atoms with van der Waals surface area (Å²) >= 11 is 0. The largest absolute Gasteiger partial charge is 0.481 e. The van der Waals surface area contributed by atoms with Gasteiger partial charge in [-0.3, -0.25) is 14.4 Å². The Labute approximate surface area is 130 Å². The fourth-order valence-corrected chi connectivity index (χ4v) is 2.64. The predicted octanol–water partition coefficient (Wildman–Crippen LogP) is 1.87. The highest BCUT2D eigenvalue weighted by Gasteiger charge is 2.40. The molecule has 0 bridgehead atoms. The maximum Gasteiger partial charge on any atom is 0.309 e. The van der Waals surface area contributed by atoms with Crippen LogP contribution in [0.15, 0.2) is 24.3 Å². The first-order valence-electron chi connectivity index (χ1n) is 6.94. The standard InChI is InChI=1S/C15H15F2NO5/c16-12(17)8-1-3-9(4-2-8)13(19)18-6-5-10(14(20)21)11(7-18)15(22)23/h1-4,10-12H,5-7H2,(H,20,21)(H,22,23). The minimum atomic E-state index is -2.64. The molecule has 0 aromatic heterocycles. The number of hydrogen-bond donors (Lipinski definition) is 2. The van der Waals surface area contributed by atoms with E-state index in [4.69, 9.17) is 10.2 Å². The topological polar surface area (TPSA) is 94.9 Å². The number of halogens is 2. The number of carboxylic acid groups (broad SMARTS) is 2. The molecule has 1 heterocycles. The van der Waals surface area contributed by atoms with Gasteiger partial charge >= 0.3 is 11.9 Å². The van der Waals surface area contributed by atoms with Crippen LogP contribution < -0.4 is 0 Å². The summed E-state index contributed by atoms with van der Waals surface area (Å²) < 4.78 is 25.0. The number of carbonyl (C=O) groups is 3. The third kappa shape index (κ3) is 3.64. The van der Waals surface area contributed by atoms with Crippen molar-refractivity contribution in [2.45, 2.75) is 12.8 Å². The molecule has 2 atom stereocenters. The second kappa shape index (κ2) is 6.72. The molecule has 1 aromatic carbocycles. The van der Waals surface area contributed by atoms with Gasteiger partial charge in [0.25, 0.3) is 12.3 Å². The van der Waals surface area contributed by atoms with Crippen LogP contribution in [0.4, 0.5) is 8.78 Å². The van der Waals surface area contributed by atoms with Crippen molar-refractivity contribution in [1.29, 1.82) is 0 Å². The van der Waals surface area contributed by atoms with Crippen molar-refractivity contribution in [1.82, 2.24) is 4.90 Å². The summed E-state index contributed by atoms with van der Waals surface area (Å²) in [7, 11) is 0. The number of rotatable bonds is 4. The van der Waals surface area contributed by atoms with Gasteiger partial charge in [-0.05, 0) is 18.6 Å². The molecule has 6 nitrogen and oxygen atoms in total. The molecule has 0 radical (unpaired) electrons. The third-order valence-electron chi connectivity index (χ3n) is 3.94. The van der Waals surface area contributed by atoms with Gasteiger partial charge < -0.3 is 15.1 Å². The maximum absolute atomic E-state index is 12.5. The molecule has 1 aliphatic rings. The predicted molar refractivity (Wildman–Crippen MR) is 74.2 cm³/mol. The molecule has 0 aliphatic carbocycles. The van der Waals surface area contributed by atoms with Crippen LogP contribution in [0.1, 0.15) is 28.8 Å². The van der Waals surface area contributed by atoms with E-state index in [9.17, 15) is 23.2 Å². The fraction of sp³-hybridized carbons (Fsp3) is 0.400. The summed E-state index contributed by atoms with van der Waals surface area (Å²) in [5.74, 6) is -5.21. The highest BCUT2D eigenvalue weighted by Crippen LogP contribution is 2.26. The van der Waals surface area contributed by atoms with Crippen LogP contribution in [-0.2, 0) is 9.59 Å². The summed E-state index contributed by atoms with van der Waals surface area (Å²) in [6.45, 7) is -0.113. The molecule has 1 fully saturated rings. The first-order valence-corrected chi connectivity index (χ1v) is 6.94. The lowest BCUT2D eigenvalue weighted by Crippen LogP contribution is -2.48. The molecule has 1 saturated heterocycles. The lowest BCUT2D eigenvalue weighted by Gasteiger charge is -2.34. The van der Waals surface area contributed by atoms with Gasteiger partial charge in [0, 0.05) is 24.2 Å². The molecular weight excluding hydrogens is 312 g/mol. The van der Waals surface area contributed by atoms with E-state index in [1.807, 2.05) is 0 Å². The SMILES string of the molecule is O=C(O)C1CCN(C(=O)c2ccc(C(F)F)cc2)CC1C(=O)O. The molecule has 1 amide bonds. The molecule has 1 aromatic rings. The van der Waals surface area contributed by atoms with E-state index >= 15 is 0 Å². The van der Waals surface area contributed by atoms with E-state index in [0.717, 1.165) is 12.1 Å². The van der Waals surface area contributed by atoms with Crippen LogP contribution in [0.3, 0.4) is 0 Å². The van der Waals surface area contributed by atoms with Gasteiger partial charge in [-0.2, -0.15) is 0 Å². The van der Waals surface area contributed by atoms with Crippen LogP contribution in [0.25, 0.3) is 0 Å². The summed E-state index contributed by atoms with van der Waals surface area (Å²) in [5, 5.41) is 18.2. The van der Waals surface area contributed by atoms with Crippen LogP contribution >= 0.6 is 0 Å². The average Bonchev–Trinajstić information content (AvgIpc) is 2.53. The van der Waals surface area contributed by atoms with E-state index < -0.39 is 36.1 Å². The first-order chi connectivity index (χ1) is 10.8. The number of nitrogens with zero attached hydrogens (tertiary/aromatic N) is 1. The van der Waals surface area contributed by atoms with E-state index in [2.05, 4.69) is 0 Å². The monoisotopic (exact) mass is 327 g/mol. The van der Waals surface area contributed by atoms with Crippen LogP contribution in [0.5, 0.6) is 0 Å². The highest BCUT2D eigenvalue weighted by atomic mass is 19.3. The van der Waals surface area contributed by atoms with Crippen molar-refractivity contribution >= 4 is 17.8 Å². The Morgan fingerprint density at radius 1 is 1.04 bits per heavy atom. The summed E-state index contributed by atoms with van der Waals surface area (Å²) in [4.78, 5) is 35.9. The number of amides is 1. The van der Waals surface area contributed by atoms with E-state index in [0.29, 0.717) is 0 Å². The number of alkyl halides is 2. The van der Waals surface area contributed by atoms with Crippen molar-refractivity contribution < 1.29 is 33.4 Å². The van der Waals surface area contributed by atoms with Gasteiger partial charge in [-0.15, -0.1) is 0 Å². The summed E-state index contributed by atoms with van der Waals surface area (Å²) in [6.07, 6.45) is -2.60. The van der Waals surface area contributed by atoms with Crippen molar-refractivity contribution in [2.24, 2.45) is 11.8 Å². The first kappa shape index (κ1) is 16.9. The number of carbonyl (C=O) groups excluding carboxylic acids is 1. The molecule has 23 heavy (non-hydrogen) atoms. The van der Waals surface area contributed by atoms with Gasteiger partial charge in [0.1, 0.15) is 0 Å². The normalized spacial score (nSPS) is 21.3. The Bertz CT molecular complexity index is 617. The van der Waals surface area contributed by atoms with E-state index in [-0.39, 0.29) is 30.6 Å². The van der Waals surface area contributed by atoms with Gasteiger partial charge in [0.2, 0.25) is 0 Å². The molecule has 2 rings (SSSR count). The third-order valence-corrected chi connectivity index (χ3v) is 3.94. The number of carboxylic acids is 2. The molecule has 0 saturated carbocycles. The fourth-order valence-electron chi connectivity index (χ4n) is 2.64. The lowest BCUT2D eigenvalue weighted by atomic mass is 9.85. The zero-order valence-electron chi connectivity index (χ0n) is 12.0. The van der Waals surface area contributed by atoms with Gasteiger partial charge in [-0.1, -0.05) is 12.1 Å². The Morgan fingerprint density at radius 2 is 1.61 bits per heavy atom. The summed E-state index contributed by atoms with van der Waals surface area (Å²) in [5.41, 5.74) is -0.0538. The number of aliphatic carboxylic acids is 2. The number of likely N-dealkylation sites (tertiary alicyclic amines) is 1. The minimum Gasteiger partial charge on any atom is -0.481 e. The Kier molecular flexibility index (Phi) is 4.92. The maximum atomic E-state index is 12.5. The van der Waals surface area contributed by atoms with Crippen LogP contribution in [0.2, 0.25) is 0 Å². The van der Waals surface area contributed by atoms with Crippen molar-refractivity contribution in [2.75, 3.05) is 13.1 Å². The van der Waals surface area contributed by atoms with Crippen molar-refractivity contribution in [3.05, 3.63) is 35.4 Å². The molecule has 2 unspecified atom stereocenters. The van der Waals surface area contributed by atoms with Gasteiger partial charge in [-0.25, -0.2) is 8.78 Å². The molecule has 8 heteroatoms. The average molecular weight is 327 g/mol. The zero-order chi connectivity index (χ0) is 17.1. The highest BCUT2D eigenvalue weighted by molar-refractivity contribution is 5.95. The molecule has 0 spiro atoms. The van der Waals surface area contributed by atoms with Crippen molar-refractivity contribution in [3.63, 3.8) is 0 Å². The van der Waals surface area contributed by atoms with Crippen LogP contribution in [0, 0.1) is 11.8 Å². The molecule has 2 N–H and O–H groups in total. The second-order valence-electron chi connectivity index (χ2n) is 5.35. The molecular formula is C15H15F2NO5. The van der Waals surface area contributed by atoms with Crippen LogP contribution in [-0.4, -0.2) is 46.0 Å². The molecule has 124 valence electrons. The number of benzene rings is 1. The second-order valence-corrected chi connectivity index (χ2v) is 5.35. The quantitative estimate of drug-likeness (QED) is 0.880. The molecule has 1 aliphatic heterocycles. The summed E-state index contributed by atoms with van der Waals surface area (Å²) in [6, 6.07) is 4.78. The van der Waals surface area contributed by atoms with E-state index in [1.54, 1.807) is 0 Å². The van der Waals surface area contributed by atoms with E-state index in [1.165, 1.54) is 17.0 Å². The van der Waals surface area contributed by atoms with Crippen molar-refractivity contribution in [3.8, 4) is 0 Å². The minimum absolute atomic E-state index is 0.0349. The van der Waals surface area contributed by atoms with Gasteiger partial charge in [0.05, 0.1) is 11.8 Å². The number of hydrogen-bond acceptors (Lipinski definition) is 3. The zero-order valence-corrected chi connectivity index (χ0v) is 12.0. The Hall–Kier alpha value is -2.51. The Balaban J connectivity index is 2.14. The Morgan fingerprint density at radius 3 is 2.09 bits per heavy atom.